The zero-order valence-corrected chi connectivity index (χ0v) is 11.4. The average Bonchev–Trinajstić information content (AvgIpc) is 2.97. The van der Waals surface area contributed by atoms with Gasteiger partial charge in [-0.05, 0) is 30.5 Å². The van der Waals surface area contributed by atoms with E-state index >= 15 is 0 Å². The van der Waals surface area contributed by atoms with Crippen LogP contribution >= 0.6 is 0 Å². The van der Waals surface area contributed by atoms with Crippen LogP contribution < -0.4 is 4.90 Å². The molecule has 1 fully saturated rings. The largest absolute Gasteiger partial charge is 0.315 e. The van der Waals surface area contributed by atoms with Crippen molar-refractivity contribution in [2.24, 2.45) is 5.92 Å². The highest BCUT2D eigenvalue weighted by Gasteiger charge is 2.18. The predicted molar refractivity (Wildman–Crippen MR) is 75.8 cm³/mol. The van der Waals surface area contributed by atoms with E-state index in [1.807, 2.05) is 12.1 Å². The zero-order chi connectivity index (χ0) is 13.7. The van der Waals surface area contributed by atoms with E-state index in [2.05, 4.69) is 6.07 Å². The Kier molecular flexibility index (Phi) is 4.57. The van der Waals surface area contributed by atoms with Crippen molar-refractivity contribution in [2.45, 2.75) is 38.5 Å². The van der Waals surface area contributed by atoms with Gasteiger partial charge in [0.25, 0.3) is 0 Å². The van der Waals surface area contributed by atoms with Crippen LogP contribution in [0.1, 0.15) is 44.1 Å². The fourth-order valence-electron chi connectivity index (χ4n) is 2.72. The molecule has 1 aliphatic rings. The molecular formula is C16H20N2O. The van der Waals surface area contributed by atoms with Gasteiger partial charge in [0.15, 0.2) is 0 Å². The Bertz CT molecular complexity index is 484. The number of amides is 1. The first-order valence-electron chi connectivity index (χ1n) is 6.97. The van der Waals surface area contributed by atoms with Crippen molar-refractivity contribution in [2.75, 3.05) is 11.9 Å². The van der Waals surface area contributed by atoms with Gasteiger partial charge in [-0.1, -0.05) is 31.7 Å². The van der Waals surface area contributed by atoms with E-state index in [0.29, 0.717) is 12.0 Å². The number of nitriles is 1. The molecule has 2 rings (SSSR count). The number of anilines is 1. The Morgan fingerprint density at radius 1 is 1.42 bits per heavy atom. The quantitative estimate of drug-likeness (QED) is 0.827. The maximum Gasteiger partial charge on any atom is 0.226 e. The van der Waals surface area contributed by atoms with Crippen molar-refractivity contribution in [3.05, 3.63) is 29.8 Å². The van der Waals surface area contributed by atoms with Gasteiger partial charge in [0.1, 0.15) is 0 Å². The molecule has 3 heteroatoms. The fourth-order valence-corrected chi connectivity index (χ4v) is 2.72. The molecule has 0 atom stereocenters. The van der Waals surface area contributed by atoms with E-state index in [0.717, 1.165) is 18.0 Å². The van der Waals surface area contributed by atoms with Gasteiger partial charge in [-0.2, -0.15) is 5.26 Å². The summed E-state index contributed by atoms with van der Waals surface area (Å²) in [6.07, 6.45) is 6.80. The SMILES string of the molecule is CN(C(=O)CCC1CCCC1)c1cccc(C#N)c1. The highest BCUT2D eigenvalue weighted by atomic mass is 16.2. The van der Waals surface area contributed by atoms with Crippen molar-refractivity contribution in [1.82, 2.24) is 0 Å². The van der Waals surface area contributed by atoms with E-state index in [4.69, 9.17) is 5.26 Å². The molecule has 0 saturated heterocycles. The number of nitrogens with zero attached hydrogens (tertiary/aromatic N) is 2. The fraction of sp³-hybridized carbons (Fsp3) is 0.500. The second-order valence-electron chi connectivity index (χ2n) is 5.30. The van der Waals surface area contributed by atoms with E-state index < -0.39 is 0 Å². The summed E-state index contributed by atoms with van der Waals surface area (Å²) in [7, 11) is 1.79. The normalized spacial score (nSPS) is 15.2. The molecule has 0 aromatic heterocycles. The van der Waals surface area contributed by atoms with Gasteiger partial charge in [-0.3, -0.25) is 4.79 Å². The molecule has 1 aliphatic carbocycles. The second-order valence-corrected chi connectivity index (χ2v) is 5.30. The Labute approximate surface area is 114 Å². The molecule has 19 heavy (non-hydrogen) atoms. The molecule has 1 amide bonds. The van der Waals surface area contributed by atoms with Gasteiger partial charge in [0.05, 0.1) is 11.6 Å². The van der Waals surface area contributed by atoms with Crippen LogP contribution in [-0.2, 0) is 4.79 Å². The number of hydrogen-bond acceptors (Lipinski definition) is 2. The third-order valence-corrected chi connectivity index (χ3v) is 3.98. The maximum absolute atomic E-state index is 12.1. The molecule has 0 spiro atoms. The van der Waals surface area contributed by atoms with Gasteiger partial charge in [0, 0.05) is 19.2 Å². The molecule has 1 saturated carbocycles. The number of carbonyl (C=O) groups is 1. The van der Waals surface area contributed by atoms with Crippen LogP contribution in [-0.4, -0.2) is 13.0 Å². The zero-order valence-electron chi connectivity index (χ0n) is 11.4. The lowest BCUT2D eigenvalue weighted by molar-refractivity contribution is -0.118. The van der Waals surface area contributed by atoms with Crippen molar-refractivity contribution in [1.29, 1.82) is 5.26 Å². The van der Waals surface area contributed by atoms with Crippen molar-refractivity contribution in [3.63, 3.8) is 0 Å². The van der Waals surface area contributed by atoms with Gasteiger partial charge in [0.2, 0.25) is 5.91 Å². The number of benzene rings is 1. The highest BCUT2D eigenvalue weighted by molar-refractivity contribution is 5.92. The number of rotatable bonds is 4. The molecule has 0 aliphatic heterocycles. The first-order chi connectivity index (χ1) is 9.20. The van der Waals surface area contributed by atoms with Crippen LogP contribution in [0.15, 0.2) is 24.3 Å². The molecule has 1 aromatic carbocycles. The minimum absolute atomic E-state index is 0.141. The summed E-state index contributed by atoms with van der Waals surface area (Å²) in [5, 5.41) is 8.88. The van der Waals surface area contributed by atoms with Crippen molar-refractivity contribution in [3.8, 4) is 6.07 Å². The van der Waals surface area contributed by atoms with Crippen LogP contribution in [0.4, 0.5) is 5.69 Å². The van der Waals surface area contributed by atoms with E-state index in [1.54, 1.807) is 24.1 Å². The Morgan fingerprint density at radius 2 is 2.16 bits per heavy atom. The summed E-state index contributed by atoms with van der Waals surface area (Å²) in [6.45, 7) is 0. The summed E-state index contributed by atoms with van der Waals surface area (Å²) >= 11 is 0. The number of carbonyl (C=O) groups excluding carboxylic acids is 1. The molecule has 0 radical (unpaired) electrons. The Morgan fingerprint density at radius 3 is 2.84 bits per heavy atom. The summed E-state index contributed by atoms with van der Waals surface area (Å²) in [4.78, 5) is 13.8. The van der Waals surface area contributed by atoms with E-state index in [9.17, 15) is 4.79 Å². The van der Waals surface area contributed by atoms with Gasteiger partial charge in [-0.25, -0.2) is 0 Å². The standard InChI is InChI=1S/C16H20N2O/c1-18(15-8-4-7-14(11-15)12-17)16(19)10-9-13-5-2-3-6-13/h4,7-8,11,13H,2-3,5-6,9-10H2,1H3. The molecular weight excluding hydrogens is 236 g/mol. The average molecular weight is 256 g/mol. The molecule has 0 heterocycles. The lowest BCUT2D eigenvalue weighted by Gasteiger charge is -2.18. The molecule has 1 aromatic rings. The lowest BCUT2D eigenvalue weighted by atomic mass is 10.0. The van der Waals surface area contributed by atoms with Crippen LogP contribution in [0.25, 0.3) is 0 Å². The highest BCUT2D eigenvalue weighted by Crippen LogP contribution is 2.29. The molecule has 0 N–H and O–H groups in total. The van der Waals surface area contributed by atoms with Crippen LogP contribution in [0.5, 0.6) is 0 Å². The lowest BCUT2D eigenvalue weighted by Crippen LogP contribution is -2.26. The third kappa shape index (κ3) is 3.57. The third-order valence-electron chi connectivity index (χ3n) is 3.98. The molecule has 0 unspecified atom stereocenters. The first-order valence-corrected chi connectivity index (χ1v) is 6.97. The minimum atomic E-state index is 0.141. The van der Waals surface area contributed by atoms with Gasteiger partial charge >= 0.3 is 0 Å². The molecule has 3 nitrogen and oxygen atoms in total. The van der Waals surface area contributed by atoms with Crippen molar-refractivity contribution >= 4 is 11.6 Å². The maximum atomic E-state index is 12.1. The summed E-state index contributed by atoms with van der Waals surface area (Å²) in [5.74, 6) is 0.879. The van der Waals surface area contributed by atoms with Crippen LogP contribution in [0.2, 0.25) is 0 Å². The minimum Gasteiger partial charge on any atom is -0.315 e. The van der Waals surface area contributed by atoms with Crippen LogP contribution in [0, 0.1) is 17.2 Å². The smallest absolute Gasteiger partial charge is 0.226 e. The predicted octanol–water partition coefficient (Wildman–Crippen LogP) is 3.49. The van der Waals surface area contributed by atoms with Gasteiger partial charge < -0.3 is 4.90 Å². The van der Waals surface area contributed by atoms with Crippen LogP contribution in [0.3, 0.4) is 0 Å². The topological polar surface area (TPSA) is 44.1 Å². The van der Waals surface area contributed by atoms with E-state index in [-0.39, 0.29) is 5.91 Å². The van der Waals surface area contributed by atoms with Gasteiger partial charge in [-0.15, -0.1) is 0 Å². The summed E-state index contributed by atoms with van der Waals surface area (Å²) in [5.41, 5.74) is 1.39. The first kappa shape index (κ1) is 13.6. The second kappa shape index (κ2) is 6.38. The molecule has 100 valence electrons. The monoisotopic (exact) mass is 256 g/mol. The van der Waals surface area contributed by atoms with Crippen molar-refractivity contribution < 1.29 is 4.79 Å². The molecule has 0 bridgehead atoms. The van der Waals surface area contributed by atoms with E-state index in [1.165, 1.54) is 25.7 Å². The Hall–Kier alpha value is -1.82. The number of hydrogen-bond donors (Lipinski definition) is 0. The summed E-state index contributed by atoms with van der Waals surface area (Å²) < 4.78 is 0. The Balaban J connectivity index is 1.92. The summed E-state index contributed by atoms with van der Waals surface area (Å²) in [6, 6.07) is 9.29.